The second-order valence-corrected chi connectivity index (χ2v) is 18.4. The summed E-state index contributed by atoms with van der Waals surface area (Å²) in [5.74, 6) is -3.60. The summed E-state index contributed by atoms with van der Waals surface area (Å²) in [5, 5.41) is 4.79. The quantitative estimate of drug-likeness (QED) is 0.0864. The third-order valence-electron chi connectivity index (χ3n) is 7.94. The van der Waals surface area contributed by atoms with Crippen molar-refractivity contribution in [2.24, 2.45) is 7.05 Å². The molecule has 1 aliphatic rings. The van der Waals surface area contributed by atoms with Crippen molar-refractivity contribution in [2.45, 2.75) is 63.3 Å². The Morgan fingerprint density at radius 3 is 2.38 bits per heavy atom. The van der Waals surface area contributed by atoms with Gasteiger partial charge in [0.25, 0.3) is 5.92 Å². The molecule has 0 amide bonds. The van der Waals surface area contributed by atoms with Crippen LogP contribution >= 0.6 is 0 Å². The number of rotatable bonds is 11. The molecule has 1 saturated carbocycles. The predicted molar refractivity (Wildman–Crippen MR) is 166 cm³/mol. The van der Waals surface area contributed by atoms with E-state index in [4.69, 9.17) is 19.6 Å². The Morgan fingerprint density at radius 2 is 1.77 bits per heavy atom. The van der Waals surface area contributed by atoms with Crippen molar-refractivity contribution in [1.82, 2.24) is 39.3 Å². The first-order valence-electron chi connectivity index (χ1n) is 14.9. The van der Waals surface area contributed by atoms with Gasteiger partial charge in [-0.1, -0.05) is 43.9 Å². The standard InChI is InChI=1S/C31H33F5N8O2Si/c1-43-15-23(31(34,35)36)40-28(43)19-8-6-18(7-9-19)12-21-26-22(44(42-21)17-46-10-11-47(3,4)5)14-37-27(41-26)24-25(20-13-30(20,32)33)38-16-39-29(24)45-2/h6-9,14-16,20H,10-13,17H2,1-5H3. The third-order valence-corrected chi connectivity index (χ3v) is 9.64. The van der Waals surface area contributed by atoms with Gasteiger partial charge in [0.05, 0.1) is 30.6 Å². The molecule has 1 fully saturated rings. The molecule has 6 rings (SSSR count). The number of fused-ring (bicyclic) bond motifs is 1. The highest BCUT2D eigenvalue weighted by Crippen LogP contribution is 2.57. The molecule has 5 aromatic rings. The highest BCUT2D eigenvalue weighted by molar-refractivity contribution is 6.76. The molecule has 0 spiro atoms. The van der Waals surface area contributed by atoms with Crippen molar-refractivity contribution < 1.29 is 31.4 Å². The maximum atomic E-state index is 14.2. The number of imidazole rings is 1. The Labute approximate surface area is 268 Å². The molecule has 0 aliphatic heterocycles. The third kappa shape index (κ3) is 6.88. The fraction of sp³-hybridized carbons (Fsp3) is 0.419. The van der Waals surface area contributed by atoms with Gasteiger partial charge < -0.3 is 14.0 Å². The van der Waals surface area contributed by atoms with Gasteiger partial charge in [0.2, 0.25) is 5.88 Å². The second kappa shape index (κ2) is 12.0. The van der Waals surface area contributed by atoms with Gasteiger partial charge in [-0.2, -0.15) is 18.3 Å². The van der Waals surface area contributed by atoms with Gasteiger partial charge >= 0.3 is 6.18 Å². The van der Waals surface area contributed by atoms with Crippen LogP contribution in [0.4, 0.5) is 22.0 Å². The van der Waals surface area contributed by atoms with E-state index in [0.717, 1.165) is 17.8 Å². The monoisotopic (exact) mass is 672 g/mol. The Morgan fingerprint density at radius 1 is 1.04 bits per heavy atom. The summed E-state index contributed by atoms with van der Waals surface area (Å²) in [7, 11) is 1.57. The number of nitrogens with zero attached hydrogens (tertiary/aromatic N) is 8. The van der Waals surface area contributed by atoms with Crippen LogP contribution in [0.1, 0.15) is 35.0 Å². The first-order valence-corrected chi connectivity index (χ1v) is 18.6. The van der Waals surface area contributed by atoms with Crippen molar-refractivity contribution in [3.05, 3.63) is 65.6 Å². The fourth-order valence-electron chi connectivity index (χ4n) is 5.25. The van der Waals surface area contributed by atoms with Crippen LogP contribution in [-0.4, -0.2) is 67.0 Å². The topological polar surface area (TPSA) is 106 Å². The molecule has 0 bridgehead atoms. The Kier molecular flexibility index (Phi) is 8.36. The van der Waals surface area contributed by atoms with Gasteiger partial charge in [-0.25, -0.2) is 38.4 Å². The highest BCUT2D eigenvalue weighted by Gasteiger charge is 2.59. The van der Waals surface area contributed by atoms with E-state index in [-0.39, 0.29) is 41.9 Å². The van der Waals surface area contributed by atoms with E-state index in [1.807, 2.05) is 0 Å². The summed E-state index contributed by atoms with van der Waals surface area (Å²) in [6.45, 7) is 7.49. The largest absolute Gasteiger partial charge is 0.480 e. The van der Waals surface area contributed by atoms with E-state index in [2.05, 4.69) is 39.6 Å². The van der Waals surface area contributed by atoms with Crippen LogP contribution in [0.2, 0.25) is 25.7 Å². The van der Waals surface area contributed by atoms with Crippen molar-refractivity contribution in [3.63, 3.8) is 0 Å². The normalized spacial score (nSPS) is 16.2. The number of methoxy groups -OCH3 is 1. The zero-order valence-electron chi connectivity index (χ0n) is 26.4. The molecule has 1 aromatic carbocycles. The highest BCUT2D eigenvalue weighted by atomic mass is 28.3. The number of halogens is 5. The van der Waals surface area contributed by atoms with Crippen LogP contribution < -0.4 is 4.74 Å². The van der Waals surface area contributed by atoms with Gasteiger partial charge in [-0.3, -0.25) is 0 Å². The molecule has 1 atom stereocenters. The number of ether oxygens (including phenoxy) is 2. The molecule has 47 heavy (non-hydrogen) atoms. The average Bonchev–Trinajstić information content (AvgIpc) is 3.29. The van der Waals surface area contributed by atoms with Gasteiger partial charge in [-0.05, 0) is 11.6 Å². The number of alkyl halides is 5. The molecule has 16 heteroatoms. The van der Waals surface area contributed by atoms with Crippen LogP contribution in [0.15, 0.2) is 43.0 Å². The number of hydrogen-bond donors (Lipinski definition) is 0. The van der Waals surface area contributed by atoms with Crippen molar-refractivity contribution in [2.75, 3.05) is 13.7 Å². The zero-order valence-corrected chi connectivity index (χ0v) is 27.4. The summed E-state index contributed by atoms with van der Waals surface area (Å²) < 4.78 is 82.4. The molecule has 0 N–H and O–H groups in total. The Bertz CT molecular complexity index is 1920. The molecule has 248 valence electrons. The van der Waals surface area contributed by atoms with Crippen LogP contribution in [0.25, 0.3) is 33.8 Å². The zero-order chi connectivity index (χ0) is 33.7. The molecule has 0 saturated heterocycles. The summed E-state index contributed by atoms with van der Waals surface area (Å²) in [6, 6.07) is 7.94. The summed E-state index contributed by atoms with van der Waals surface area (Å²) in [6.07, 6.45) is -0.881. The minimum atomic E-state index is -4.55. The minimum Gasteiger partial charge on any atom is -0.480 e. The number of aromatic nitrogens is 8. The van der Waals surface area contributed by atoms with Crippen molar-refractivity contribution >= 4 is 19.1 Å². The summed E-state index contributed by atoms with van der Waals surface area (Å²) in [4.78, 5) is 21.4. The lowest BCUT2D eigenvalue weighted by Gasteiger charge is -2.15. The lowest BCUT2D eigenvalue weighted by Crippen LogP contribution is -2.22. The Balaban J connectivity index is 1.36. The van der Waals surface area contributed by atoms with E-state index in [1.54, 1.807) is 35.1 Å². The molecule has 4 heterocycles. The minimum absolute atomic E-state index is 0.0826. The number of aryl methyl sites for hydroxylation is 1. The molecular weight excluding hydrogens is 639 g/mol. The molecule has 0 radical (unpaired) electrons. The molecular formula is C31H33F5N8O2Si. The smallest absolute Gasteiger partial charge is 0.434 e. The first kappa shape index (κ1) is 32.6. The van der Waals surface area contributed by atoms with E-state index in [0.29, 0.717) is 35.3 Å². The van der Waals surface area contributed by atoms with Crippen LogP contribution in [0, 0.1) is 0 Å². The fourth-order valence-corrected chi connectivity index (χ4v) is 6.01. The first-order chi connectivity index (χ1) is 22.1. The molecule has 4 aromatic heterocycles. The second-order valence-electron chi connectivity index (χ2n) is 12.8. The van der Waals surface area contributed by atoms with Crippen LogP contribution in [0.5, 0.6) is 5.88 Å². The molecule has 1 unspecified atom stereocenters. The number of hydrogen-bond acceptors (Lipinski definition) is 8. The SMILES string of the molecule is COc1ncnc(C2CC2(F)F)c1-c1ncc2c(n1)c(Cc1ccc(-c3nc(C(F)(F)F)cn3C)cc1)nn2COCC[Si](C)(C)C. The summed E-state index contributed by atoms with van der Waals surface area (Å²) in [5.41, 5.74) is 2.29. The predicted octanol–water partition coefficient (Wildman–Crippen LogP) is 6.74. The van der Waals surface area contributed by atoms with Crippen LogP contribution in [-0.2, 0) is 31.1 Å². The van der Waals surface area contributed by atoms with Gasteiger partial charge in [0.15, 0.2) is 11.5 Å². The van der Waals surface area contributed by atoms with Gasteiger partial charge in [0.1, 0.15) is 35.5 Å². The van der Waals surface area contributed by atoms with E-state index < -0.39 is 31.8 Å². The lowest BCUT2D eigenvalue weighted by molar-refractivity contribution is -0.140. The van der Waals surface area contributed by atoms with Crippen molar-refractivity contribution in [3.8, 4) is 28.7 Å². The van der Waals surface area contributed by atoms with E-state index >= 15 is 0 Å². The van der Waals surface area contributed by atoms with E-state index in [1.165, 1.54) is 25.1 Å². The molecule has 10 nitrogen and oxygen atoms in total. The maximum Gasteiger partial charge on any atom is 0.434 e. The van der Waals surface area contributed by atoms with Crippen LogP contribution in [0.3, 0.4) is 0 Å². The Hall–Kier alpha value is -4.31. The van der Waals surface area contributed by atoms with Crippen molar-refractivity contribution in [1.29, 1.82) is 0 Å². The number of benzene rings is 1. The van der Waals surface area contributed by atoms with Gasteiger partial charge in [0, 0.05) is 46.3 Å². The van der Waals surface area contributed by atoms with Gasteiger partial charge in [-0.15, -0.1) is 0 Å². The summed E-state index contributed by atoms with van der Waals surface area (Å²) >= 11 is 0. The average molecular weight is 673 g/mol. The maximum absolute atomic E-state index is 14.2. The molecule has 1 aliphatic carbocycles. The van der Waals surface area contributed by atoms with E-state index in [9.17, 15) is 22.0 Å². The lowest BCUT2D eigenvalue weighted by atomic mass is 10.1.